The molecule has 0 N–H and O–H groups in total. The summed E-state index contributed by atoms with van der Waals surface area (Å²) in [5.41, 5.74) is 10.9. The number of rotatable bonds is 0. The molecule has 0 atom stereocenters. The van der Waals surface area contributed by atoms with E-state index in [2.05, 4.69) is 68.5 Å². The van der Waals surface area contributed by atoms with Crippen LogP contribution in [0, 0.1) is 55.4 Å². The van der Waals surface area contributed by atoms with Crippen molar-refractivity contribution in [3.63, 3.8) is 0 Å². The second-order valence-electron chi connectivity index (χ2n) is 7.46. The third kappa shape index (κ3) is 1.86. The first-order chi connectivity index (χ1) is 11.1. The summed E-state index contributed by atoms with van der Waals surface area (Å²) < 4.78 is 0. The largest absolute Gasteiger partial charge is 0.0909 e. The Morgan fingerprint density at radius 2 is 0.625 bits per heavy atom. The zero-order valence-corrected chi connectivity index (χ0v) is 16.4. The summed E-state index contributed by atoms with van der Waals surface area (Å²) in [6.07, 6.45) is 0. The molecule has 3 aromatic rings. The molecule has 0 saturated carbocycles. The second kappa shape index (κ2) is 5.21. The van der Waals surface area contributed by atoms with Crippen LogP contribution in [0.1, 0.15) is 44.5 Å². The predicted octanol–water partition coefficient (Wildman–Crippen LogP) is 5.28. The summed E-state index contributed by atoms with van der Waals surface area (Å²) in [7, 11) is 0. The van der Waals surface area contributed by atoms with Gasteiger partial charge in [0.05, 0.1) is 0 Å². The van der Waals surface area contributed by atoms with Crippen molar-refractivity contribution in [3.8, 4) is 0 Å². The van der Waals surface area contributed by atoms with Crippen molar-refractivity contribution < 1.29 is 0 Å². The molecule has 24 heavy (non-hydrogen) atoms. The second-order valence-corrected chi connectivity index (χ2v) is 7.46. The number of aryl methyl sites for hydroxylation is 4. The first-order valence-electron chi connectivity index (χ1n) is 8.71. The van der Waals surface area contributed by atoms with E-state index in [4.69, 9.17) is 0 Å². The summed E-state index contributed by atoms with van der Waals surface area (Å²) in [6, 6.07) is 0. The summed E-state index contributed by atoms with van der Waals surface area (Å²) in [6.45, 7) is 26.7. The van der Waals surface area contributed by atoms with Crippen LogP contribution < -0.4 is 10.4 Å². The van der Waals surface area contributed by atoms with Gasteiger partial charge in [0.2, 0.25) is 0 Å². The number of hydrogen-bond acceptors (Lipinski definition) is 0. The van der Waals surface area contributed by atoms with E-state index < -0.39 is 0 Å². The van der Waals surface area contributed by atoms with Crippen molar-refractivity contribution in [1.29, 1.82) is 0 Å². The van der Waals surface area contributed by atoms with Crippen molar-refractivity contribution >= 4 is 34.7 Å². The smallest absolute Gasteiger partial charge is 0.00702 e. The molecule has 0 spiro atoms. The summed E-state index contributed by atoms with van der Waals surface area (Å²) in [5.74, 6) is 0. The van der Waals surface area contributed by atoms with Crippen LogP contribution in [0.15, 0.2) is 0 Å². The lowest BCUT2D eigenvalue weighted by Crippen LogP contribution is -2.20. The Hall–Kier alpha value is -2.08. The molecule has 3 aromatic carbocycles. The zero-order valence-electron chi connectivity index (χ0n) is 16.4. The zero-order chi connectivity index (χ0) is 18.1. The van der Waals surface area contributed by atoms with E-state index in [-0.39, 0.29) is 0 Å². The van der Waals surface area contributed by atoms with Crippen molar-refractivity contribution in [2.24, 2.45) is 0 Å². The molecule has 0 aliphatic carbocycles. The molecule has 0 saturated heterocycles. The topological polar surface area (TPSA) is 0 Å². The van der Waals surface area contributed by atoms with Crippen LogP contribution in [0.3, 0.4) is 0 Å². The molecule has 0 fully saturated rings. The Bertz CT molecular complexity index is 1050. The van der Waals surface area contributed by atoms with Crippen molar-refractivity contribution in [2.45, 2.75) is 55.4 Å². The van der Waals surface area contributed by atoms with Crippen LogP contribution in [0.5, 0.6) is 0 Å². The van der Waals surface area contributed by atoms with Crippen molar-refractivity contribution in [3.05, 3.63) is 54.9 Å². The molecule has 0 bridgehead atoms. The third-order valence-electron chi connectivity index (χ3n) is 6.51. The monoisotopic (exact) mass is 316 g/mol. The molecule has 0 aromatic heterocycles. The Balaban J connectivity index is 2.88. The molecular weight excluding hydrogens is 288 g/mol. The number of benzene rings is 3. The highest BCUT2D eigenvalue weighted by atomic mass is 14.2. The van der Waals surface area contributed by atoms with Gasteiger partial charge in [-0.3, -0.25) is 0 Å². The highest BCUT2D eigenvalue weighted by Gasteiger charge is 2.18. The van der Waals surface area contributed by atoms with Gasteiger partial charge < -0.3 is 0 Å². The lowest BCUT2D eigenvalue weighted by atomic mass is 9.82. The molecule has 3 rings (SSSR count). The SMILES string of the molecule is C=c1c(C)c(C)c(=C)c2c(C)c3c(C)c(C)c(C)c(C)c3c(C)c12. The lowest BCUT2D eigenvalue weighted by Gasteiger charge is -2.22. The fourth-order valence-electron chi connectivity index (χ4n) is 4.46. The van der Waals surface area contributed by atoms with Gasteiger partial charge in [-0.25, -0.2) is 0 Å². The average Bonchev–Trinajstić information content (AvgIpc) is 2.55. The normalized spacial score (nSPS) is 11.7. The van der Waals surface area contributed by atoms with Gasteiger partial charge in [0.15, 0.2) is 0 Å². The van der Waals surface area contributed by atoms with E-state index >= 15 is 0 Å². The lowest BCUT2D eigenvalue weighted by molar-refractivity contribution is 1.24. The van der Waals surface area contributed by atoms with Gasteiger partial charge in [-0.2, -0.15) is 0 Å². The van der Waals surface area contributed by atoms with Crippen molar-refractivity contribution in [1.82, 2.24) is 0 Å². The van der Waals surface area contributed by atoms with E-state index in [9.17, 15) is 0 Å². The first kappa shape index (κ1) is 16.8. The standard InChI is InChI=1S/C24H28/c1-11-12(2)16(6)22-20(10)24-18(8)14(4)13(3)17(7)23(24)19(9)21(22)15(11)5/h5-6H2,1-4,7-10H3. The summed E-state index contributed by atoms with van der Waals surface area (Å²) in [4.78, 5) is 0. The van der Waals surface area contributed by atoms with Gasteiger partial charge in [-0.1, -0.05) is 13.2 Å². The van der Waals surface area contributed by atoms with Crippen LogP contribution in [-0.2, 0) is 0 Å². The molecule has 0 aliphatic heterocycles. The molecule has 0 amide bonds. The highest BCUT2D eigenvalue weighted by molar-refractivity contribution is 6.09. The van der Waals surface area contributed by atoms with Gasteiger partial charge in [-0.15, -0.1) is 0 Å². The first-order valence-corrected chi connectivity index (χ1v) is 8.71. The Morgan fingerprint density at radius 3 is 0.917 bits per heavy atom. The maximum absolute atomic E-state index is 4.42. The van der Waals surface area contributed by atoms with Crippen LogP contribution >= 0.6 is 0 Å². The average molecular weight is 316 g/mol. The number of fused-ring (bicyclic) bond motifs is 2. The minimum absolute atomic E-state index is 1.16. The Kier molecular flexibility index (Phi) is 3.64. The fourth-order valence-corrected chi connectivity index (χ4v) is 4.46. The van der Waals surface area contributed by atoms with E-state index in [1.54, 1.807) is 0 Å². The minimum atomic E-state index is 1.16. The minimum Gasteiger partial charge on any atom is -0.0909 e. The van der Waals surface area contributed by atoms with E-state index in [1.807, 2.05) is 0 Å². The van der Waals surface area contributed by atoms with Crippen LogP contribution in [0.25, 0.3) is 34.7 Å². The van der Waals surface area contributed by atoms with Gasteiger partial charge in [0.1, 0.15) is 0 Å². The van der Waals surface area contributed by atoms with Crippen LogP contribution in [0.2, 0.25) is 0 Å². The van der Waals surface area contributed by atoms with Gasteiger partial charge in [0.25, 0.3) is 0 Å². The summed E-state index contributed by atoms with van der Waals surface area (Å²) >= 11 is 0. The van der Waals surface area contributed by atoms with E-state index in [1.165, 1.54) is 66.1 Å². The molecule has 0 unspecified atom stereocenters. The Labute approximate surface area is 145 Å². The van der Waals surface area contributed by atoms with Crippen LogP contribution in [-0.4, -0.2) is 0 Å². The highest BCUT2D eigenvalue weighted by Crippen LogP contribution is 2.37. The third-order valence-corrected chi connectivity index (χ3v) is 6.51. The molecule has 0 aliphatic rings. The van der Waals surface area contributed by atoms with Crippen molar-refractivity contribution in [2.75, 3.05) is 0 Å². The van der Waals surface area contributed by atoms with E-state index in [0.29, 0.717) is 0 Å². The molecule has 0 heterocycles. The maximum Gasteiger partial charge on any atom is -0.00702 e. The molecule has 0 nitrogen and oxygen atoms in total. The molecular formula is C24H28. The van der Waals surface area contributed by atoms with Gasteiger partial charge in [-0.05, 0) is 132 Å². The summed E-state index contributed by atoms with van der Waals surface area (Å²) in [5, 5.41) is 7.75. The predicted molar refractivity (Wildman–Crippen MR) is 110 cm³/mol. The fraction of sp³-hybridized carbons (Fsp3) is 0.333. The van der Waals surface area contributed by atoms with E-state index in [0.717, 1.165) is 10.4 Å². The maximum atomic E-state index is 4.42. The van der Waals surface area contributed by atoms with Gasteiger partial charge >= 0.3 is 0 Å². The quantitative estimate of drug-likeness (QED) is 0.495. The van der Waals surface area contributed by atoms with Gasteiger partial charge in [0, 0.05) is 0 Å². The molecule has 124 valence electrons. The molecule has 0 heteroatoms. The van der Waals surface area contributed by atoms with Crippen LogP contribution in [0.4, 0.5) is 0 Å². The molecule has 0 radical (unpaired) electrons. The Morgan fingerprint density at radius 1 is 0.333 bits per heavy atom. The number of hydrogen-bond donors (Lipinski definition) is 0.